The summed E-state index contributed by atoms with van der Waals surface area (Å²) in [6, 6.07) is 15.4. The summed E-state index contributed by atoms with van der Waals surface area (Å²) in [6.07, 6.45) is 0.370. The maximum Gasteiger partial charge on any atom is 0.251 e. The van der Waals surface area contributed by atoms with Crippen LogP contribution in [0.5, 0.6) is 0 Å². The molecule has 1 aromatic heterocycles. The monoisotopic (exact) mass is 413 g/mol. The van der Waals surface area contributed by atoms with E-state index in [2.05, 4.69) is 15.6 Å². The predicted octanol–water partition coefficient (Wildman–Crippen LogP) is 4.39. The molecule has 7 heteroatoms. The fourth-order valence-corrected chi connectivity index (χ4v) is 3.56. The van der Waals surface area contributed by atoms with E-state index in [1.807, 2.05) is 44.2 Å². The van der Waals surface area contributed by atoms with Crippen molar-refractivity contribution in [1.29, 1.82) is 0 Å². The normalized spacial score (nSPS) is 11.7. The number of hydrogen-bond donors (Lipinski definition) is 2. The fourth-order valence-electron chi connectivity index (χ4n) is 2.62. The molecule has 0 saturated heterocycles. The molecule has 0 aliphatic rings. The minimum atomic E-state index is -0.741. The van der Waals surface area contributed by atoms with Crippen LogP contribution < -0.4 is 10.6 Å². The Morgan fingerprint density at radius 2 is 1.75 bits per heavy atom. The van der Waals surface area contributed by atoms with Crippen LogP contribution in [0.3, 0.4) is 0 Å². The molecule has 0 aliphatic carbocycles. The topological polar surface area (TPSA) is 71.1 Å². The molecule has 3 aromatic rings. The van der Waals surface area contributed by atoms with Gasteiger partial charge in [-0.25, -0.2) is 4.98 Å². The molecule has 0 radical (unpaired) electrons. The summed E-state index contributed by atoms with van der Waals surface area (Å²) in [5.74, 6) is -0.640. The Balaban J connectivity index is 1.78. The Bertz CT molecular complexity index is 952. The molecule has 1 unspecified atom stereocenters. The lowest BCUT2D eigenvalue weighted by atomic mass is 10.0. The number of benzene rings is 2. The maximum absolute atomic E-state index is 12.9. The lowest BCUT2D eigenvalue weighted by Crippen LogP contribution is -2.45. The van der Waals surface area contributed by atoms with E-state index in [-0.39, 0.29) is 11.8 Å². The summed E-state index contributed by atoms with van der Waals surface area (Å²) < 4.78 is 0. The number of rotatable bonds is 6. The molecule has 3 rings (SSSR count). The van der Waals surface area contributed by atoms with Crippen molar-refractivity contribution in [2.75, 3.05) is 5.32 Å². The van der Waals surface area contributed by atoms with Crippen molar-refractivity contribution in [2.45, 2.75) is 26.3 Å². The molecule has 28 heavy (non-hydrogen) atoms. The molecule has 0 fully saturated rings. The average Bonchev–Trinajstić information content (AvgIpc) is 2.99. The van der Waals surface area contributed by atoms with Crippen molar-refractivity contribution >= 4 is 39.9 Å². The van der Waals surface area contributed by atoms with E-state index >= 15 is 0 Å². The van der Waals surface area contributed by atoms with Gasteiger partial charge in [0, 0.05) is 21.9 Å². The molecule has 2 amide bonds. The van der Waals surface area contributed by atoms with Gasteiger partial charge in [0.15, 0.2) is 5.13 Å². The zero-order valence-corrected chi connectivity index (χ0v) is 17.1. The molecule has 2 aromatic carbocycles. The third-order valence-electron chi connectivity index (χ3n) is 4.27. The summed E-state index contributed by atoms with van der Waals surface area (Å²) >= 11 is 7.30. The quantitative estimate of drug-likeness (QED) is 0.629. The van der Waals surface area contributed by atoms with Gasteiger partial charge in [0.25, 0.3) is 5.91 Å². The molecule has 5 nitrogen and oxygen atoms in total. The fraction of sp³-hybridized carbons (Fsp3) is 0.190. The summed E-state index contributed by atoms with van der Waals surface area (Å²) in [7, 11) is 0. The third kappa shape index (κ3) is 5.18. The van der Waals surface area contributed by atoms with Crippen LogP contribution >= 0.6 is 22.9 Å². The Hall–Kier alpha value is -2.70. The number of halogens is 1. The first-order chi connectivity index (χ1) is 13.4. The number of thiazole rings is 1. The molecular formula is C21H20ClN3O2S. The second kappa shape index (κ2) is 8.99. The standard InChI is InChI=1S/C21H20ClN3O2S/c1-13-14(2)28-21(23-13)25-20(27)18(12-15-6-4-3-5-7-15)24-19(26)16-8-10-17(22)11-9-16/h3-11,18H,12H2,1-2H3,(H,24,26)(H,23,25,27). The van der Waals surface area contributed by atoms with E-state index in [0.29, 0.717) is 22.1 Å². The number of aromatic nitrogens is 1. The first-order valence-corrected chi connectivity index (χ1v) is 9.97. The van der Waals surface area contributed by atoms with Gasteiger partial charge in [-0.2, -0.15) is 0 Å². The lowest BCUT2D eigenvalue weighted by molar-refractivity contribution is -0.118. The van der Waals surface area contributed by atoms with Crippen LogP contribution in [0.4, 0.5) is 5.13 Å². The van der Waals surface area contributed by atoms with Crippen LogP contribution in [0.1, 0.15) is 26.5 Å². The van der Waals surface area contributed by atoms with Crippen LogP contribution in [0.25, 0.3) is 0 Å². The molecule has 0 bridgehead atoms. The van der Waals surface area contributed by atoms with Crippen LogP contribution in [0, 0.1) is 13.8 Å². The van der Waals surface area contributed by atoms with Crippen LogP contribution in [0.15, 0.2) is 54.6 Å². The first-order valence-electron chi connectivity index (χ1n) is 8.77. The van der Waals surface area contributed by atoms with E-state index in [1.54, 1.807) is 24.3 Å². The number of anilines is 1. The molecule has 0 spiro atoms. The number of hydrogen-bond acceptors (Lipinski definition) is 4. The predicted molar refractivity (Wildman–Crippen MR) is 113 cm³/mol. The highest BCUT2D eigenvalue weighted by atomic mass is 35.5. The van der Waals surface area contributed by atoms with Crippen molar-refractivity contribution in [3.05, 3.63) is 81.3 Å². The second-order valence-corrected chi connectivity index (χ2v) is 8.01. The molecule has 144 valence electrons. The van der Waals surface area contributed by atoms with Gasteiger partial charge in [-0.15, -0.1) is 11.3 Å². The van der Waals surface area contributed by atoms with Gasteiger partial charge in [-0.05, 0) is 43.7 Å². The van der Waals surface area contributed by atoms with E-state index in [4.69, 9.17) is 11.6 Å². The second-order valence-electron chi connectivity index (χ2n) is 6.37. The minimum absolute atomic E-state index is 0.306. The van der Waals surface area contributed by atoms with Gasteiger partial charge in [-0.1, -0.05) is 41.9 Å². The number of amides is 2. The summed E-state index contributed by atoms with van der Waals surface area (Å²) in [5.41, 5.74) is 2.27. The zero-order valence-electron chi connectivity index (χ0n) is 15.5. The highest BCUT2D eigenvalue weighted by Crippen LogP contribution is 2.21. The SMILES string of the molecule is Cc1nc(NC(=O)C(Cc2ccccc2)NC(=O)c2ccc(Cl)cc2)sc1C. The van der Waals surface area contributed by atoms with Crippen LogP contribution in [-0.2, 0) is 11.2 Å². The van der Waals surface area contributed by atoms with Gasteiger partial charge in [0.2, 0.25) is 5.91 Å². The number of carbonyl (C=O) groups is 2. The van der Waals surface area contributed by atoms with Crippen LogP contribution in [-0.4, -0.2) is 22.8 Å². The van der Waals surface area contributed by atoms with Crippen molar-refractivity contribution in [1.82, 2.24) is 10.3 Å². The van der Waals surface area contributed by atoms with Gasteiger partial charge < -0.3 is 10.6 Å². The number of aryl methyl sites for hydroxylation is 2. The maximum atomic E-state index is 12.9. The molecule has 0 saturated carbocycles. The first kappa shape index (κ1) is 20.0. The van der Waals surface area contributed by atoms with Crippen molar-refractivity contribution in [3.63, 3.8) is 0 Å². The summed E-state index contributed by atoms with van der Waals surface area (Å²) in [5, 5.41) is 6.72. The van der Waals surface area contributed by atoms with Gasteiger partial charge in [0.05, 0.1) is 5.69 Å². The van der Waals surface area contributed by atoms with E-state index < -0.39 is 6.04 Å². The van der Waals surface area contributed by atoms with Gasteiger partial charge >= 0.3 is 0 Å². The van der Waals surface area contributed by atoms with Crippen molar-refractivity contribution in [3.8, 4) is 0 Å². The number of carbonyl (C=O) groups excluding carboxylic acids is 2. The highest BCUT2D eigenvalue weighted by molar-refractivity contribution is 7.15. The van der Waals surface area contributed by atoms with Crippen LogP contribution in [0.2, 0.25) is 5.02 Å². The minimum Gasteiger partial charge on any atom is -0.340 e. The Morgan fingerprint density at radius 3 is 2.36 bits per heavy atom. The molecule has 0 aliphatic heterocycles. The number of nitrogens with zero attached hydrogens (tertiary/aromatic N) is 1. The van der Waals surface area contributed by atoms with Gasteiger partial charge in [0.1, 0.15) is 6.04 Å². The van der Waals surface area contributed by atoms with E-state index in [9.17, 15) is 9.59 Å². The molecule has 1 atom stereocenters. The summed E-state index contributed by atoms with van der Waals surface area (Å²) in [6.45, 7) is 3.84. The third-order valence-corrected chi connectivity index (χ3v) is 5.51. The molecule has 1 heterocycles. The Labute approximate surface area is 172 Å². The van der Waals surface area contributed by atoms with Gasteiger partial charge in [-0.3, -0.25) is 9.59 Å². The van der Waals surface area contributed by atoms with E-state index in [0.717, 1.165) is 16.1 Å². The Morgan fingerprint density at radius 1 is 1.07 bits per heavy atom. The Kier molecular flexibility index (Phi) is 6.44. The number of nitrogens with one attached hydrogen (secondary N) is 2. The molecular weight excluding hydrogens is 394 g/mol. The lowest BCUT2D eigenvalue weighted by Gasteiger charge is -2.18. The van der Waals surface area contributed by atoms with Crippen molar-refractivity contribution < 1.29 is 9.59 Å². The van der Waals surface area contributed by atoms with E-state index in [1.165, 1.54) is 11.3 Å². The average molecular weight is 414 g/mol. The smallest absolute Gasteiger partial charge is 0.251 e. The molecule has 2 N–H and O–H groups in total. The largest absolute Gasteiger partial charge is 0.340 e. The van der Waals surface area contributed by atoms with Crippen molar-refractivity contribution in [2.24, 2.45) is 0 Å². The zero-order chi connectivity index (χ0) is 20.1. The summed E-state index contributed by atoms with van der Waals surface area (Å²) in [4.78, 5) is 30.9. The highest BCUT2D eigenvalue weighted by Gasteiger charge is 2.23.